The van der Waals surface area contributed by atoms with Crippen molar-refractivity contribution in [2.75, 3.05) is 24.6 Å². The van der Waals surface area contributed by atoms with Crippen LogP contribution in [0.5, 0.6) is 0 Å². The first-order valence-corrected chi connectivity index (χ1v) is 7.49. The number of nitrogens with two attached hydrogens (primary N) is 1. The molecule has 1 saturated carbocycles. The maximum Gasteiger partial charge on any atom is 0.242 e. The molecule has 6 heteroatoms. The summed E-state index contributed by atoms with van der Waals surface area (Å²) in [6.07, 6.45) is 1.26. The van der Waals surface area contributed by atoms with Crippen LogP contribution < -0.4 is 15.8 Å². The molecule has 0 aromatic heterocycles. The summed E-state index contributed by atoms with van der Waals surface area (Å²) in [6, 6.07) is 4.94. The zero-order chi connectivity index (χ0) is 13.3. The van der Waals surface area contributed by atoms with Gasteiger partial charge in [0.1, 0.15) is 4.90 Å². The van der Waals surface area contributed by atoms with E-state index in [2.05, 4.69) is 17.0 Å². The molecule has 1 aliphatic rings. The van der Waals surface area contributed by atoms with Crippen LogP contribution in [0.15, 0.2) is 23.1 Å². The first kappa shape index (κ1) is 13.2. The van der Waals surface area contributed by atoms with Crippen molar-refractivity contribution < 1.29 is 8.42 Å². The van der Waals surface area contributed by atoms with Crippen molar-refractivity contribution in [3.63, 3.8) is 0 Å². The fraction of sp³-hybridized carbons (Fsp3) is 0.500. The normalized spacial score (nSPS) is 22.8. The molecule has 0 bridgehead atoms. The molecule has 2 unspecified atom stereocenters. The van der Waals surface area contributed by atoms with Gasteiger partial charge in [0.25, 0.3) is 0 Å². The number of anilines is 2. The van der Waals surface area contributed by atoms with Crippen LogP contribution in [0.4, 0.5) is 11.4 Å². The molecule has 18 heavy (non-hydrogen) atoms. The Kier molecular flexibility index (Phi) is 3.49. The predicted molar refractivity (Wildman–Crippen MR) is 72.9 cm³/mol. The van der Waals surface area contributed by atoms with Gasteiger partial charge in [-0.1, -0.05) is 6.92 Å². The summed E-state index contributed by atoms with van der Waals surface area (Å²) in [7, 11) is -2.11. The van der Waals surface area contributed by atoms with Crippen molar-refractivity contribution in [1.82, 2.24) is 4.72 Å². The van der Waals surface area contributed by atoms with Crippen LogP contribution >= 0.6 is 0 Å². The second-order valence-electron chi connectivity index (χ2n) is 4.81. The Morgan fingerprint density at radius 1 is 1.44 bits per heavy atom. The van der Waals surface area contributed by atoms with Gasteiger partial charge in [-0.2, -0.15) is 0 Å². The van der Waals surface area contributed by atoms with E-state index in [9.17, 15) is 8.42 Å². The van der Waals surface area contributed by atoms with E-state index in [1.54, 1.807) is 12.1 Å². The van der Waals surface area contributed by atoms with E-state index in [0.717, 1.165) is 24.1 Å². The molecule has 100 valence electrons. The lowest BCUT2D eigenvalue weighted by atomic mass is 10.2. The molecule has 1 aromatic rings. The van der Waals surface area contributed by atoms with E-state index in [-0.39, 0.29) is 10.6 Å². The zero-order valence-corrected chi connectivity index (χ0v) is 11.4. The minimum absolute atomic E-state index is 0.121. The maximum atomic E-state index is 11.6. The first-order valence-electron chi connectivity index (χ1n) is 6.01. The van der Waals surface area contributed by atoms with E-state index in [0.29, 0.717) is 0 Å². The van der Waals surface area contributed by atoms with E-state index in [4.69, 9.17) is 5.73 Å². The van der Waals surface area contributed by atoms with Gasteiger partial charge < -0.3 is 11.1 Å². The Balaban J connectivity index is 2.09. The predicted octanol–water partition coefficient (Wildman–Crippen LogP) is 1.24. The number of nitrogen functional groups attached to an aromatic ring is 1. The lowest BCUT2D eigenvalue weighted by Crippen LogP contribution is -2.20. The number of hydrogen-bond acceptors (Lipinski definition) is 4. The standard InChI is InChI=1S/C12H19N3O2S/c1-8-5-9(8)7-15-10-3-4-12(11(13)6-10)18(16,17)14-2/h3-4,6,8-9,14-15H,5,7,13H2,1-2H3. The highest BCUT2D eigenvalue weighted by molar-refractivity contribution is 7.89. The molecule has 2 rings (SSSR count). The van der Waals surface area contributed by atoms with Crippen molar-refractivity contribution >= 4 is 21.4 Å². The fourth-order valence-corrected chi connectivity index (χ4v) is 2.78. The molecule has 0 aliphatic heterocycles. The summed E-state index contributed by atoms with van der Waals surface area (Å²) in [5.74, 6) is 1.52. The van der Waals surface area contributed by atoms with Crippen molar-refractivity contribution in [2.24, 2.45) is 11.8 Å². The van der Waals surface area contributed by atoms with Crippen molar-refractivity contribution in [3.05, 3.63) is 18.2 Å². The summed E-state index contributed by atoms with van der Waals surface area (Å²) < 4.78 is 25.5. The van der Waals surface area contributed by atoms with Crippen molar-refractivity contribution in [3.8, 4) is 0 Å². The molecule has 1 fully saturated rings. The minimum Gasteiger partial charge on any atom is -0.398 e. The van der Waals surface area contributed by atoms with Gasteiger partial charge in [0.15, 0.2) is 0 Å². The first-order chi connectivity index (χ1) is 8.44. The Morgan fingerprint density at radius 2 is 2.11 bits per heavy atom. The summed E-state index contributed by atoms with van der Waals surface area (Å²) in [5, 5.41) is 3.28. The smallest absolute Gasteiger partial charge is 0.242 e. The zero-order valence-electron chi connectivity index (χ0n) is 10.6. The van der Waals surface area contributed by atoms with Gasteiger partial charge in [0, 0.05) is 12.2 Å². The van der Waals surface area contributed by atoms with Crippen molar-refractivity contribution in [1.29, 1.82) is 0 Å². The monoisotopic (exact) mass is 269 g/mol. The van der Waals surface area contributed by atoms with Crippen molar-refractivity contribution in [2.45, 2.75) is 18.2 Å². The molecular formula is C12H19N3O2S. The molecule has 0 saturated heterocycles. The van der Waals surface area contributed by atoms with Crippen LogP contribution in [-0.4, -0.2) is 22.0 Å². The Labute approximate surface area is 108 Å². The molecule has 0 spiro atoms. The topological polar surface area (TPSA) is 84.2 Å². The molecule has 0 amide bonds. The lowest BCUT2D eigenvalue weighted by molar-refractivity contribution is 0.588. The van der Waals surface area contributed by atoms with Gasteiger partial charge in [0.2, 0.25) is 10.0 Å². The Hall–Kier alpha value is -1.27. The van der Waals surface area contributed by atoms with Crippen LogP contribution in [0.3, 0.4) is 0 Å². The number of hydrogen-bond donors (Lipinski definition) is 3. The highest BCUT2D eigenvalue weighted by Gasteiger charge is 2.31. The number of sulfonamides is 1. The molecule has 4 N–H and O–H groups in total. The number of benzene rings is 1. The van der Waals surface area contributed by atoms with Crippen LogP contribution in [0.25, 0.3) is 0 Å². The second-order valence-corrected chi connectivity index (χ2v) is 6.67. The van der Waals surface area contributed by atoms with Crippen LogP contribution in [0.1, 0.15) is 13.3 Å². The van der Waals surface area contributed by atoms with Gasteiger partial charge in [-0.3, -0.25) is 0 Å². The van der Waals surface area contributed by atoms with E-state index < -0.39 is 10.0 Å². The Bertz CT molecular complexity index is 542. The summed E-state index contributed by atoms with van der Waals surface area (Å²) in [5.41, 5.74) is 6.90. The molecule has 5 nitrogen and oxygen atoms in total. The highest BCUT2D eigenvalue weighted by Crippen LogP contribution is 2.37. The quantitative estimate of drug-likeness (QED) is 0.702. The molecule has 2 atom stereocenters. The Morgan fingerprint density at radius 3 is 2.61 bits per heavy atom. The third-order valence-corrected chi connectivity index (χ3v) is 4.90. The lowest BCUT2D eigenvalue weighted by Gasteiger charge is -2.10. The molecule has 0 heterocycles. The SMILES string of the molecule is CNS(=O)(=O)c1ccc(NCC2CC2C)cc1N. The summed E-state index contributed by atoms with van der Waals surface area (Å²) in [4.78, 5) is 0.121. The van der Waals surface area contributed by atoms with Gasteiger partial charge in [0.05, 0.1) is 5.69 Å². The van der Waals surface area contributed by atoms with Crippen LogP contribution in [-0.2, 0) is 10.0 Å². The highest BCUT2D eigenvalue weighted by atomic mass is 32.2. The van der Waals surface area contributed by atoms with Gasteiger partial charge in [-0.15, -0.1) is 0 Å². The van der Waals surface area contributed by atoms with Gasteiger partial charge in [-0.05, 0) is 43.5 Å². The average molecular weight is 269 g/mol. The largest absolute Gasteiger partial charge is 0.398 e. The maximum absolute atomic E-state index is 11.6. The van der Waals surface area contributed by atoms with Crippen LogP contribution in [0, 0.1) is 11.8 Å². The van der Waals surface area contributed by atoms with Gasteiger partial charge in [-0.25, -0.2) is 13.1 Å². The number of rotatable bonds is 5. The minimum atomic E-state index is -3.48. The van der Waals surface area contributed by atoms with Gasteiger partial charge >= 0.3 is 0 Å². The third-order valence-electron chi connectivity index (χ3n) is 3.41. The molecule has 1 aromatic carbocycles. The van der Waals surface area contributed by atoms with E-state index in [1.165, 1.54) is 19.5 Å². The van der Waals surface area contributed by atoms with E-state index >= 15 is 0 Å². The molecule has 1 aliphatic carbocycles. The summed E-state index contributed by atoms with van der Waals surface area (Å²) >= 11 is 0. The van der Waals surface area contributed by atoms with Crippen LogP contribution in [0.2, 0.25) is 0 Å². The third kappa shape index (κ3) is 2.76. The second kappa shape index (κ2) is 4.78. The summed E-state index contributed by atoms with van der Waals surface area (Å²) in [6.45, 7) is 3.14. The molecule has 0 radical (unpaired) electrons. The average Bonchev–Trinajstić information content (AvgIpc) is 3.02. The van der Waals surface area contributed by atoms with E-state index in [1.807, 2.05) is 0 Å². The molecular weight excluding hydrogens is 250 g/mol. The number of nitrogens with one attached hydrogen (secondary N) is 2. The fourth-order valence-electron chi connectivity index (χ4n) is 1.95.